The van der Waals surface area contributed by atoms with Crippen LogP contribution in [-0.4, -0.2) is 35.6 Å². The van der Waals surface area contributed by atoms with E-state index >= 15 is 0 Å². The molecule has 0 aliphatic carbocycles. The molecule has 2 heterocycles. The van der Waals surface area contributed by atoms with Crippen molar-refractivity contribution in [1.82, 2.24) is 21.3 Å². The van der Waals surface area contributed by atoms with Crippen LogP contribution in [0, 0.1) is 0 Å². The maximum Gasteiger partial charge on any atom is 0.322 e. The molecule has 2 aliphatic rings. The average Bonchev–Trinajstić information content (AvgIpc) is 2.29. The Morgan fingerprint density at radius 2 is 2.00 bits per heavy atom. The normalized spacial score (nSPS) is 40.2. The number of aliphatic hydroxyl groups excluding tert-OH is 1. The van der Waals surface area contributed by atoms with Crippen LogP contribution in [0.2, 0.25) is 0 Å². The third kappa shape index (κ3) is 1.04. The lowest BCUT2D eigenvalue weighted by molar-refractivity contribution is -0.123. The summed E-state index contributed by atoms with van der Waals surface area (Å²) in [7, 11) is 0. The standard InChI is InChI=1S/C5H8N4O3/c10-3-1-2(7-4(11)6-1)8-5(12)9-3/h1-2,4,6-7,11H,(H2,8,9,10,12). The number of urea groups is 1. The quantitative estimate of drug-likeness (QED) is 0.268. The minimum Gasteiger partial charge on any atom is -0.365 e. The lowest BCUT2D eigenvalue weighted by atomic mass is 10.2. The molecule has 0 bridgehead atoms. The van der Waals surface area contributed by atoms with Crippen molar-refractivity contribution in [2.75, 3.05) is 0 Å². The van der Waals surface area contributed by atoms with Crippen LogP contribution in [0.25, 0.3) is 0 Å². The molecule has 0 spiro atoms. The van der Waals surface area contributed by atoms with Crippen molar-refractivity contribution in [2.24, 2.45) is 0 Å². The summed E-state index contributed by atoms with van der Waals surface area (Å²) in [6.45, 7) is 0. The molecule has 7 heteroatoms. The summed E-state index contributed by atoms with van der Waals surface area (Å²) < 4.78 is 0. The van der Waals surface area contributed by atoms with Gasteiger partial charge < -0.3 is 10.4 Å². The Morgan fingerprint density at radius 3 is 2.75 bits per heavy atom. The Labute approximate surface area is 67.5 Å². The summed E-state index contributed by atoms with van der Waals surface area (Å²) in [4.78, 5) is 21.8. The molecule has 3 atom stereocenters. The maximum absolute atomic E-state index is 11.0. The third-order valence-electron chi connectivity index (χ3n) is 1.81. The summed E-state index contributed by atoms with van der Waals surface area (Å²) in [6.07, 6.45) is -1.48. The van der Waals surface area contributed by atoms with Crippen LogP contribution in [0.1, 0.15) is 0 Å². The number of hydrogen-bond donors (Lipinski definition) is 5. The van der Waals surface area contributed by atoms with Gasteiger partial charge in [0.25, 0.3) is 0 Å². The molecule has 12 heavy (non-hydrogen) atoms. The van der Waals surface area contributed by atoms with E-state index in [2.05, 4.69) is 21.3 Å². The predicted molar refractivity (Wildman–Crippen MR) is 36.5 cm³/mol. The predicted octanol–water partition coefficient (Wildman–Crippen LogP) is -3.01. The third-order valence-corrected chi connectivity index (χ3v) is 1.81. The number of carbonyl (C=O) groups is 2. The van der Waals surface area contributed by atoms with Crippen LogP contribution >= 0.6 is 0 Å². The van der Waals surface area contributed by atoms with Gasteiger partial charge in [0.1, 0.15) is 12.2 Å². The van der Waals surface area contributed by atoms with Crippen LogP contribution < -0.4 is 21.3 Å². The zero-order valence-corrected chi connectivity index (χ0v) is 6.00. The van der Waals surface area contributed by atoms with Gasteiger partial charge in [0.15, 0.2) is 6.35 Å². The Balaban J connectivity index is 2.15. The van der Waals surface area contributed by atoms with Gasteiger partial charge in [-0.05, 0) is 0 Å². The molecule has 3 amide bonds. The van der Waals surface area contributed by atoms with Crippen LogP contribution in [-0.2, 0) is 4.79 Å². The summed E-state index contributed by atoms with van der Waals surface area (Å²) in [5.41, 5.74) is 0. The Kier molecular flexibility index (Phi) is 1.50. The molecular weight excluding hydrogens is 164 g/mol. The van der Waals surface area contributed by atoms with E-state index in [0.29, 0.717) is 0 Å². The van der Waals surface area contributed by atoms with Crippen molar-refractivity contribution in [1.29, 1.82) is 0 Å². The Hall–Kier alpha value is -1.18. The van der Waals surface area contributed by atoms with Crippen LogP contribution in [0.3, 0.4) is 0 Å². The highest BCUT2D eigenvalue weighted by atomic mass is 16.3. The number of aliphatic hydroxyl groups is 1. The van der Waals surface area contributed by atoms with Crippen molar-refractivity contribution in [2.45, 2.75) is 18.6 Å². The van der Waals surface area contributed by atoms with E-state index in [9.17, 15) is 9.59 Å². The minimum atomic E-state index is -0.954. The molecule has 0 aromatic heterocycles. The van der Waals surface area contributed by atoms with Gasteiger partial charge in [-0.15, -0.1) is 0 Å². The first-order chi connectivity index (χ1) is 5.66. The van der Waals surface area contributed by atoms with Gasteiger partial charge >= 0.3 is 6.03 Å². The zero-order valence-electron chi connectivity index (χ0n) is 6.00. The number of nitrogens with one attached hydrogen (secondary N) is 4. The number of imide groups is 1. The first-order valence-corrected chi connectivity index (χ1v) is 3.48. The monoisotopic (exact) mass is 172 g/mol. The highest BCUT2D eigenvalue weighted by Crippen LogP contribution is 2.04. The van der Waals surface area contributed by atoms with E-state index in [1.807, 2.05) is 0 Å². The van der Waals surface area contributed by atoms with Gasteiger partial charge in [-0.2, -0.15) is 0 Å². The van der Waals surface area contributed by atoms with Crippen molar-refractivity contribution >= 4 is 11.9 Å². The molecular formula is C5H8N4O3. The zero-order chi connectivity index (χ0) is 8.72. The number of amides is 3. The maximum atomic E-state index is 11.0. The fourth-order valence-electron chi connectivity index (χ4n) is 1.30. The van der Waals surface area contributed by atoms with Crippen LogP contribution in [0.15, 0.2) is 0 Å². The molecule has 2 fully saturated rings. The molecule has 5 N–H and O–H groups in total. The lowest BCUT2D eigenvalue weighted by Crippen LogP contribution is -2.64. The second-order valence-electron chi connectivity index (χ2n) is 2.65. The largest absolute Gasteiger partial charge is 0.365 e. The fourth-order valence-corrected chi connectivity index (χ4v) is 1.30. The highest BCUT2D eigenvalue weighted by Gasteiger charge is 2.41. The summed E-state index contributed by atoms with van der Waals surface area (Å²) in [5.74, 6) is -0.437. The number of hydrogen-bond acceptors (Lipinski definition) is 5. The van der Waals surface area contributed by atoms with Crippen molar-refractivity contribution in [3.05, 3.63) is 0 Å². The van der Waals surface area contributed by atoms with Gasteiger partial charge in [-0.25, -0.2) is 4.79 Å². The lowest BCUT2D eigenvalue weighted by Gasteiger charge is -2.24. The van der Waals surface area contributed by atoms with Gasteiger partial charge in [-0.1, -0.05) is 0 Å². The van der Waals surface area contributed by atoms with Crippen LogP contribution in [0.4, 0.5) is 4.79 Å². The average molecular weight is 172 g/mol. The van der Waals surface area contributed by atoms with Crippen molar-refractivity contribution < 1.29 is 14.7 Å². The summed E-state index contributed by atoms with van der Waals surface area (Å²) in [5, 5.41) is 18.6. The van der Waals surface area contributed by atoms with E-state index in [1.54, 1.807) is 0 Å². The topological polar surface area (TPSA) is 102 Å². The minimum absolute atomic E-state index is 0.437. The van der Waals surface area contributed by atoms with E-state index < -0.39 is 30.5 Å². The Morgan fingerprint density at radius 1 is 1.25 bits per heavy atom. The molecule has 0 radical (unpaired) electrons. The van der Waals surface area contributed by atoms with E-state index in [1.165, 1.54) is 0 Å². The Bertz CT molecular complexity index is 243. The fraction of sp³-hybridized carbons (Fsp3) is 0.600. The molecule has 0 saturated carbocycles. The second-order valence-corrected chi connectivity index (χ2v) is 2.65. The second kappa shape index (κ2) is 2.41. The van der Waals surface area contributed by atoms with Gasteiger partial charge in [0.05, 0.1) is 0 Å². The smallest absolute Gasteiger partial charge is 0.322 e. The van der Waals surface area contributed by atoms with Gasteiger partial charge in [0.2, 0.25) is 5.91 Å². The van der Waals surface area contributed by atoms with Crippen molar-refractivity contribution in [3.8, 4) is 0 Å². The highest BCUT2D eigenvalue weighted by molar-refractivity contribution is 6.00. The molecule has 66 valence electrons. The number of carbonyl (C=O) groups excluding carboxylic acids is 2. The molecule has 2 rings (SSSR count). The van der Waals surface area contributed by atoms with E-state index in [4.69, 9.17) is 5.11 Å². The first-order valence-electron chi connectivity index (χ1n) is 3.48. The summed E-state index contributed by atoms with van der Waals surface area (Å²) >= 11 is 0. The van der Waals surface area contributed by atoms with Crippen molar-refractivity contribution in [3.63, 3.8) is 0 Å². The molecule has 2 aliphatic heterocycles. The van der Waals surface area contributed by atoms with Gasteiger partial charge in [-0.3, -0.25) is 20.7 Å². The molecule has 2 saturated heterocycles. The number of rotatable bonds is 0. The first kappa shape index (κ1) is 7.47. The SMILES string of the molecule is O=C1NC(=O)C2NC(O)NC2N1. The molecule has 7 nitrogen and oxygen atoms in total. The number of fused-ring (bicyclic) bond motifs is 1. The van der Waals surface area contributed by atoms with E-state index in [-0.39, 0.29) is 0 Å². The molecule has 3 unspecified atom stereocenters. The summed E-state index contributed by atoms with van der Waals surface area (Å²) in [6, 6.07) is -1.15. The van der Waals surface area contributed by atoms with Gasteiger partial charge in [0, 0.05) is 0 Å². The molecule has 0 aromatic carbocycles. The molecule has 0 aromatic rings. The van der Waals surface area contributed by atoms with Crippen LogP contribution in [0.5, 0.6) is 0 Å². The van der Waals surface area contributed by atoms with E-state index in [0.717, 1.165) is 0 Å².